The van der Waals surface area contributed by atoms with Crippen LogP contribution in [-0.2, 0) is 4.74 Å². The van der Waals surface area contributed by atoms with E-state index in [2.05, 4.69) is 4.98 Å². The molecule has 0 N–H and O–H groups in total. The quantitative estimate of drug-likeness (QED) is 0.832. The van der Waals surface area contributed by atoms with Crippen molar-refractivity contribution in [3.63, 3.8) is 0 Å². The first-order valence-electron chi connectivity index (χ1n) is 8.29. The lowest BCUT2D eigenvalue weighted by Crippen LogP contribution is -2.51. The van der Waals surface area contributed by atoms with Crippen molar-refractivity contribution < 1.29 is 13.9 Å². The lowest BCUT2D eigenvalue weighted by molar-refractivity contribution is -0.0447. The molecule has 1 aromatic heterocycles. The molecular weight excluding hydrogens is 328 g/mol. The van der Waals surface area contributed by atoms with Crippen LogP contribution in [0.2, 0.25) is 5.02 Å². The molecule has 0 unspecified atom stereocenters. The number of aryl methyl sites for hydroxylation is 1. The summed E-state index contributed by atoms with van der Waals surface area (Å²) in [6, 6.07) is 7.40. The highest BCUT2D eigenvalue weighted by Gasteiger charge is 2.39. The number of ether oxygens (including phenoxy) is 1. The number of fused-ring (bicyclic) bond motifs is 1. The van der Waals surface area contributed by atoms with Gasteiger partial charge < -0.3 is 14.1 Å². The summed E-state index contributed by atoms with van der Waals surface area (Å²) in [5.74, 6) is 0.936. The van der Waals surface area contributed by atoms with Gasteiger partial charge in [-0.25, -0.2) is 4.98 Å². The minimum Gasteiger partial charge on any atom is -0.441 e. The summed E-state index contributed by atoms with van der Waals surface area (Å²) in [6.45, 7) is 2.99. The number of carbonyl (C=O) groups excluding carboxylic acids is 1. The molecule has 2 fully saturated rings. The molecule has 1 aliphatic carbocycles. The maximum Gasteiger partial charge on any atom is 0.276 e. The minimum atomic E-state index is -0.0586. The Morgan fingerprint density at radius 1 is 1.29 bits per heavy atom. The van der Waals surface area contributed by atoms with Gasteiger partial charge in [0.15, 0.2) is 5.69 Å². The van der Waals surface area contributed by atoms with E-state index in [9.17, 15) is 4.79 Å². The third-order valence-corrected chi connectivity index (χ3v) is 5.09. The highest BCUT2D eigenvalue weighted by molar-refractivity contribution is 6.30. The van der Waals surface area contributed by atoms with Gasteiger partial charge in [-0.2, -0.15) is 0 Å². The summed E-state index contributed by atoms with van der Waals surface area (Å²) in [6.07, 6.45) is 3.30. The zero-order chi connectivity index (χ0) is 16.7. The Morgan fingerprint density at radius 2 is 2.08 bits per heavy atom. The summed E-state index contributed by atoms with van der Waals surface area (Å²) in [4.78, 5) is 19.4. The number of nitrogens with zero attached hydrogens (tertiary/aromatic N) is 2. The summed E-state index contributed by atoms with van der Waals surface area (Å²) in [5.41, 5.74) is 1.20. The van der Waals surface area contributed by atoms with Gasteiger partial charge in [-0.15, -0.1) is 0 Å². The van der Waals surface area contributed by atoms with E-state index >= 15 is 0 Å². The molecule has 2 atom stereocenters. The second-order valence-corrected chi connectivity index (χ2v) is 6.77. The Morgan fingerprint density at radius 3 is 2.88 bits per heavy atom. The standard InChI is InChI=1S/C18H19ClN2O3/c1-11-16(20-17(24-11)12-5-7-13(19)8-6-12)18(22)21-9-10-23-15-4-2-3-14(15)21/h5-8,14-15H,2-4,9-10H2,1H3/t14-,15-/m1/s1. The summed E-state index contributed by atoms with van der Waals surface area (Å²) in [5, 5.41) is 0.652. The molecule has 1 aromatic carbocycles. The lowest BCUT2D eigenvalue weighted by atomic mass is 10.1. The van der Waals surface area contributed by atoms with Crippen molar-refractivity contribution in [2.24, 2.45) is 0 Å². The van der Waals surface area contributed by atoms with E-state index in [-0.39, 0.29) is 18.1 Å². The monoisotopic (exact) mass is 346 g/mol. The normalized spacial score (nSPS) is 23.3. The van der Waals surface area contributed by atoms with E-state index in [0.29, 0.717) is 35.5 Å². The van der Waals surface area contributed by atoms with Crippen molar-refractivity contribution >= 4 is 17.5 Å². The first-order chi connectivity index (χ1) is 11.6. The Kier molecular flexibility index (Phi) is 4.06. The first kappa shape index (κ1) is 15.7. The molecule has 0 spiro atoms. The van der Waals surface area contributed by atoms with Gasteiger partial charge in [0.25, 0.3) is 5.91 Å². The Labute approximate surface area is 145 Å². The van der Waals surface area contributed by atoms with Gasteiger partial charge in [0.05, 0.1) is 18.8 Å². The van der Waals surface area contributed by atoms with Crippen molar-refractivity contribution in [3.05, 3.63) is 40.7 Å². The van der Waals surface area contributed by atoms with Crippen molar-refractivity contribution in [2.45, 2.75) is 38.3 Å². The van der Waals surface area contributed by atoms with E-state index in [1.165, 1.54) is 0 Å². The van der Waals surface area contributed by atoms with E-state index in [0.717, 1.165) is 24.8 Å². The fraction of sp³-hybridized carbons (Fsp3) is 0.444. The Hall–Kier alpha value is -1.85. The number of aromatic nitrogens is 1. The molecule has 6 heteroatoms. The number of morpholine rings is 1. The van der Waals surface area contributed by atoms with Crippen LogP contribution in [0.5, 0.6) is 0 Å². The van der Waals surface area contributed by atoms with Crippen LogP contribution >= 0.6 is 11.6 Å². The van der Waals surface area contributed by atoms with E-state index in [4.69, 9.17) is 20.8 Å². The largest absolute Gasteiger partial charge is 0.441 e. The van der Waals surface area contributed by atoms with Gasteiger partial charge in [-0.3, -0.25) is 4.79 Å². The van der Waals surface area contributed by atoms with Gasteiger partial charge >= 0.3 is 0 Å². The molecule has 2 aromatic rings. The number of amides is 1. The maximum absolute atomic E-state index is 13.0. The molecule has 1 saturated heterocycles. The second-order valence-electron chi connectivity index (χ2n) is 6.34. The lowest BCUT2D eigenvalue weighted by Gasteiger charge is -2.37. The zero-order valence-electron chi connectivity index (χ0n) is 13.5. The molecule has 1 saturated carbocycles. The highest BCUT2D eigenvalue weighted by Crippen LogP contribution is 2.31. The van der Waals surface area contributed by atoms with Crippen LogP contribution in [0, 0.1) is 6.92 Å². The number of carbonyl (C=O) groups is 1. The van der Waals surface area contributed by atoms with Crippen LogP contribution in [0.4, 0.5) is 0 Å². The minimum absolute atomic E-state index is 0.0586. The summed E-state index contributed by atoms with van der Waals surface area (Å²) >= 11 is 5.92. The van der Waals surface area contributed by atoms with Crippen LogP contribution in [0.1, 0.15) is 35.5 Å². The van der Waals surface area contributed by atoms with Gasteiger partial charge in [0, 0.05) is 17.1 Å². The third-order valence-electron chi connectivity index (χ3n) is 4.83. The number of halogens is 1. The Balaban J connectivity index is 1.62. The molecule has 126 valence electrons. The topological polar surface area (TPSA) is 55.6 Å². The molecule has 2 aliphatic rings. The maximum atomic E-state index is 13.0. The van der Waals surface area contributed by atoms with Crippen molar-refractivity contribution in [1.82, 2.24) is 9.88 Å². The van der Waals surface area contributed by atoms with E-state index in [1.54, 1.807) is 19.1 Å². The SMILES string of the molecule is Cc1oc(-c2ccc(Cl)cc2)nc1C(=O)N1CCO[C@@H]2CCC[C@H]21. The number of hydrogen-bond donors (Lipinski definition) is 0. The van der Waals surface area contributed by atoms with Crippen LogP contribution in [0.3, 0.4) is 0 Å². The van der Waals surface area contributed by atoms with Gasteiger partial charge in [0.1, 0.15) is 5.76 Å². The molecule has 1 aliphatic heterocycles. The number of benzene rings is 1. The van der Waals surface area contributed by atoms with Gasteiger partial charge in [0.2, 0.25) is 5.89 Å². The van der Waals surface area contributed by atoms with Crippen LogP contribution in [-0.4, -0.2) is 41.1 Å². The molecule has 1 amide bonds. The molecule has 0 bridgehead atoms. The molecule has 24 heavy (non-hydrogen) atoms. The molecule has 5 nitrogen and oxygen atoms in total. The van der Waals surface area contributed by atoms with Gasteiger partial charge in [-0.1, -0.05) is 11.6 Å². The van der Waals surface area contributed by atoms with E-state index < -0.39 is 0 Å². The van der Waals surface area contributed by atoms with Crippen LogP contribution in [0.15, 0.2) is 28.7 Å². The molecular formula is C18H19ClN2O3. The van der Waals surface area contributed by atoms with E-state index in [1.807, 2.05) is 17.0 Å². The van der Waals surface area contributed by atoms with Gasteiger partial charge in [-0.05, 0) is 50.5 Å². The van der Waals surface area contributed by atoms with Crippen molar-refractivity contribution in [3.8, 4) is 11.5 Å². The number of rotatable bonds is 2. The Bertz CT molecular complexity index is 756. The van der Waals surface area contributed by atoms with Crippen LogP contribution in [0.25, 0.3) is 11.5 Å². The highest BCUT2D eigenvalue weighted by atomic mass is 35.5. The summed E-state index contributed by atoms with van der Waals surface area (Å²) in [7, 11) is 0. The zero-order valence-corrected chi connectivity index (χ0v) is 14.3. The van der Waals surface area contributed by atoms with Crippen molar-refractivity contribution in [1.29, 1.82) is 0 Å². The fourth-order valence-electron chi connectivity index (χ4n) is 3.62. The molecule has 0 radical (unpaired) electrons. The third kappa shape index (κ3) is 2.72. The summed E-state index contributed by atoms with van der Waals surface area (Å²) < 4.78 is 11.5. The average Bonchev–Trinajstić information content (AvgIpc) is 3.21. The fourth-order valence-corrected chi connectivity index (χ4v) is 3.75. The predicted molar refractivity (Wildman–Crippen MR) is 90.1 cm³/mol. The second kappa shape index (κ2) is 6.22. The first-order valence-corrected chi connectivity index (χ1v) is 8.67. The van der Waals surface area contributed by atoms with Crippen LogP contribution < -0.4 is 0 Å². The molecule has 2 heterocycles. The predicted octanol–water partition coefficient (Wildman–Crippen LogP) is 3.70. The number of hydrogen-bond acceptors (Lipinski definition) is 4. The molecule has 4 rings (SSSR count). The van der Waals surface area contributed by atoms with Crippen molar-refractivity contribution in [2.75, 3.05) is 13.2 Å². The smallest absolute Gasteiger partial charge is 0.276 e. The number of oxazole rings is 1. The average molecular weight is 347 g/mol.